The summed E-state index contributed by atoms with van der Waals surface area (Å²) in [6.45, 7) is 6.95. The van der Waals surface area contributed by atoms with E-state index in [4.69, 9.17) is 9.47 Å². The van der Waals surface area contributed by atoms with Crippen LogP contribution < -0.4 is 10.9 Å². The molecule has 2 N–H and O–H groups in total. The summed E-state index contributed by atoms with van der Waals surface area (Å²) in [7, 11) is 0. The van der Waals surface area contributed by atoms with Crippen LogP contribution in [0.3, 0.4) is 0 Å². The average molecular weight is 361 g/mol. The van der Waals surface area contributed by atoms with Gasteiger partial charge in [-0.15, -0.1) is 0 Å². The molecule has 0 bridgehead atoms. The zero-order valence-electron chi connectivity index (χ0n) is 15.3. The van der Waals surface area contributed by atoms with E-state index in [2.05, 4.69) is 15.3 Å². The van der Waals surface area contributed by atoms with Crippen LogP contribution >= 0.6 is 0 Å². The second-order valence-corrected chi connectivity index (χ2v) is 6.78. The zero-order valence-corrected chi connectivity index (χ0v) is 15.3. The quantitative estimate of drug-likeness (QED) is 0.792. The molecule has 1 amide bonds. The predicted octanol–water partition coefficient (Wildman–Crippen LogP) is 2.44. The first-order valence-electron chi connectivity index (χ1n) is 8.31. The lowest BCUT2D eigenvalue weighted by atomic mass is 10.2. The Hall–Kier alpha value is -2.90. The van der Waals surface area contributed by atoms with Gasteiger partial charge in [0.05, 0.1) is 17.3 Å². The molecular formula is C18H23N3O5. The Morgan fingerprint density at radius 3 is 2.65 bits per heavy atom. The van der Waals surface area contributed by atoms with Crippen molar-refractivity contribution in [2.45, 2.75) is 45.8 Å². The Bertz CT molecular complexity index is 854. The van der Waals surface area contributed by atoms with E-state index < -0.39 is 23.8 Å². The third-order valence-electron chi connectivity index (χ3n) is 3.32. The molecule has 0 spiro atoms. The van der Waals surface area contributed by atoms with E-state index in [0.29, 0.717) is 10.9 Å². The number of ether oxygens (including phenoxy) is 2. The minimum Gasteiger partial charge on any atom is -0.454 e. The maximum atomic E-state index is 12.1. The highest BCUT2D eigenvalue weighted by molar-refractivity contribution is 5.77. The van der Waals surface area contributed by atoms with Crippen LogP contribution in [0.25, 0.3) is 10.9 Å². The number of para-hydroxylation sites is 1. The molecule has 1 heterocycles. The molecule has 0 fully saturated rings. The minimum atomic E-state index is -0.721. The maximum absolute atomic E-state index is 12.1. The summed E-state index contributed by atoms with van der Waals surface area (Å²) in [6.07, 6.45) is -1.35. The smallest absolute Gasteiger partial charge is 0.407 e. The Kier molecular flexibility index (Phi) is 5.97. The van der Waals surface area contributed by atoms with Crippen molar-refractivity contribution in [3.8, 4) is 0 Å². The number of nitrogens with zero attached hydrogens (tertiary/aromatic N) is 1. The summed E-state index contributed by atoms with van der Waals surface area (Å²) >= 11 is 0. The fourth-order valence-electron chi connectivity index (χ4n) is 2.19. The third kappa shape index (κ3) is 5.58. The number of aromatic amines is 1. The number of H-pyrrole nitrogens is 1. The summed E-state index contributed by atoms with van der Waals surface area (Å²) < 4.78 is 10.3. The number of nitrogens with one attached hydrogen (secondary N) is 2. The van der Waals surface area contributed by atoms with Gasteiger partial charge in [0, 0.05) is 6.54 Å². The summed E-state index contributed by atoms with van der Waals surface area (Å²) in [5.74, 6) is -0.258. The number of fused-ring (bicyclic) bond motifs is 1. The van der Waals surface area contributed by atoms with Gasteiger partial charge in [0.2, 0.25) is 0 Å². The fraction of sp³-hybridized carbons (Fsp3) is 0.444. The molecule has 0 aliphatic rings. The molecular weight excluding hydrogens is 338 g/mol. The van der Waals surface area contributed by atoms with Crippen molar-refractivity contribution in [2.24, 2.45) is 0 Å². The number of aromatic nitrogens is 2. The first-order chi connectivity index (χ1) is 12.2. The Morgan fingerprint density at radius 2 is 1.96 bits per heavy atom. The second kappa shape index (κ2) is 7.99. The molecule has 0 saturated heterocycles. The van der Waals surface area contributed by atoms with E-state index >= 15 is 0 Å². The molecule has 0 saturated carbocycles. The summed E-state index contributed by atoms with van der Waals surface area (Å²) in [6, 6.07) is 6.91. The standard InChI is InChI=1S/C18H23N3O5/c1-11(15-20-13-8-6-5-7-12(13)16(23)21-15)25-14(22)9-10-19-17(24)26-18(2,3)4/h5-8,11H,9-10H2,1-4H3,(H,19,24)(H,20,21,23)/t11-/m0/s1. The molecule has 1 atom stereocenters. The van der Waals surface area contributed by atoms with Crippen molar-refractivity contribution in [2.75, 3.05) is 6.54 Å². The van der Waals surface area contributed by atoms with Crippen LogP contribution in [0.5, 0.6) is 0 Å². The molecule has 8 heteroatoms. The molecule has 2 rings (SSSR count). The number of hydrogen-bond donors (Lipinski definition) is 2. The van der Waals surface area contributed by atoms with E-state index in [0.717, 1.165) is 0 Å². The maximum Gasteiger partial charge on any atom is 0.407 e. The molecule has 0 aliphatic heterocycles. The third-order valence-corrected chi connectivity index (χ3v) is 3.32. The number of amides is 1. The average Bonchev–Trinajstić information content (AvgIpc) is 2.53. The lowest BCUT2D eigenvalue weighted by Crippen LogP contribution is -2.33. The highest BCUT2D eigenvalue weighted by atomic mass is 16.6. The first-order valence-corrected chi connectivity index (χ1v) is 8.31. The summed E-state index contributed by atoms with van der Waals surface area (Å²) in [5, 5.41) is 2.95. The highest BCUT2D eigenvalue weighted by Gasteiger charge is 2.18. The monoisotopic (exact) mass is 361 g/mol. The second-order valence-electron chi connectivity index (χ2n) is 6.78. The Labute approximate surface area is 150 Å². The molecule has 0 aliphatic carbocycles. The summed E-state index contributed by atoms with van der Waals surface area (Å²) in [5.41, 5.74) is -0.368. The largest absolute Gasteiger partial charge is 0.454 e. The normalized spacial score (nSPS) is 12.5. The van der Waals surface area contributed by atoms with Crippen molar-refractivity contribution in [1.82, 2.24) is 15.3 Å². The van der Waals surface area contributed by atoms with Gasteiger partial charge in [0.15, 0.2) is 11.9 Å². The number of esters is 1. The molecule has 26 heavy (non-hydrogen) atoms. The molecule has 1 aromatic carbocycles. The van der Waals surface area contributed by atoms with Crippen LogP contribution in [-0.4, -0.2) is 34.2 Å². The van der Waals surface area contributed by atoms with Crippen molar-refractivity contribution >= 4 is 23.0 Å². The number of alkyl carbamates (subject to hydrolysis) is 1. The van der Waals surface area contributed by atoms with Gasteiger partial charge >= 0.3 is 12.1 Å². The lowest BCUT2D eigenvalue weighted by Gasteiger charge is -2.19. The van der Waals surface area contributed by atoms with Gasteiger partial charge < -0.3 is 19.8 Å². The van der Waals surface area contributed by atoms with E-state index in [9.17, 15) is 14.4 Å². The van der Waals surface area contributed by atoms with Crippen LogP contribution in [0.1, 0.15) is 46.0 Å². The van der Waals surface area contributed by atoms with Gasteiger partial charge in [-0.05, 0) is 39.8 Å². The SMILES string of the molecule is C[C@H](OC(=O)CCNC(=O)OC(C)(C)C)c1nc2ccccc2c(=O)[nH]1. The van der Waals surface area contributed by atoms with Crippen LogP contribution in [-0.2, 0) is 14.3 Å². The molecule has 140 valence electrons. The molecule has 8 nitrogen and oxygen atoms in total. The lowest BCUT2D eigenvalue weighted by molar-refractivity contribution is -0.148. The molecule has 0 radical (unpaired) electrons. The van der Waals surface area contributed by atoms with Gasteiger partial charge in [-0.2, -0.15) is 0 Å². The van der Waals surface area contributed by atoms with Crippen molar-refractivity contribution < 1.29 is 19.1 Å². The van der Waals surface area contributed by atoms with E-state index in [-0.39, 0.29) is 24.3 Å². The molecule has 2 aromatic rings. The van der Waals surface area contributed by atoms with Crippen LogP contribution in [0.4, 0.5) is 4.79 Å². The van der Waals surface area contributed by atoms with Gasteiger partial charge in [0.25, 0.3) is 5.56 Å². The van der Waals surface area contributed by atoms with Gasteiger partial charge in [0.1, 0.15) is 5.60 Å². The summed E-state index contributed by atoms with van der Waals surface area (Å²) in [4.78, 5) is 42.4. The zero-order chi connectivity index (χ0) is 19.3. The van der Waals surface area contributed by atoms with Crippen LogP contribution in [0.15, 0.2) is 29.1 Å². The topological polar surface area (TPSA) is 110 Å². The number of carbonyl (C=O) groups is 2. The highest BCUT2D eigenvalue weighted by Crippen LogP contribution is 2.14. The predicted molar refractivity (Wildman–Crippen MR) is 95.7 cm³/mol. The van der Waals surface area contributed by atoms with Crippen molar-refractivity contribution in [1.29, 1.82) is 0 Å². The Balaban J connectivity index is 1.89. The van der Waals surface area contributed by atoms with Gasteiger partial charge in [-0.25, -0.2) is 9.78 Å². The van der Waals surface area contributed by atoms with Crippen LogP contribution in [0, 0.1) is 0 Å². The first kappa shape index (κ1) is 19.4. The van der Waals surface area contributed by atoms with Crippen molar-refractivity contribution in [3.63, 3.8) is 0 Å². The van der Waals surface area contributed by atoms with Gasteiger partial charge in [-0.1, -0.05) is 12.1 Å². The van der Waals surface area contributed by atoms with E-state index in [1.54, 1.807) is 52.0 Å². The van der Waals surface area contributed by atoms with Crippen molar-refractivity contribution in [3.05, 3.63) is 40.4 Å². The minimum absolute atomic E-state index is 0.0264. The molecule has 1 aromatic heterocycles. The fourth-order valence-corrected chi connectivity index (χ4v) is 2.19. The number of benzene rings is 1. The van der Waals surface area contributed by atoms with E-state index in [1.807, 2.05) is 0 Å². The number of rotatable bonds is 5. The molecule has 0 unspecified atom stereocenters. The van der Waals surface area contributed by atoms with E-state index in [1.165, 1.54) is 0 Å². The van der Waals surface area contributed by atoms with Crippen LogP contribution in [0.2, 0.25) is 0 Å². The number of carbonyl (C=O) groups excluding carboxylic acids is 2. The number of hydrogen-bond acceptors (Lipinski definition) is 6. The van der Waals surface area contributed by atoms with Gasteiger partial charge in [-0.3, -0.25) is 9.59 Å². The Morgan fingerprint density at radius 1 is 1.27 bits per heavy atom.